The van der Waals surface area contributed by atoms with Gasteiger partial charge >= 0.3 is 6.09 Å². The topological polar surface area (TPSA) is 71.9 Å². The van der Waals surface area contributed by atoms with E-state index < -0.39 is 6.10 Å². The Balaban J connectivity index is 1.40. The predicted octanol–water partition coefficient (Wildman–Crippen LogP) is 5.08. The number of piperidine rings is 1. The SMILES string of the molecule is C=C[C@H]1CN(C(=O)OCc2ccccc2)CC[C@H]1[C@@H](O)/C=C/c1ccnc2ccc(OC)cc12. The number of pyridine rings is 1. The van der Waals surface area contributed by atoms with Crippen LogP contribution >= 0.6 is 0 Å². The van der Waals surface area contributed by atoms with E-state index in [4.69, 9.17) is 9.47 Å². The molecule has 3 aromatic rings. The Morgan fingerprint density at radius 2 is 2.09 bits per heavy atom. The number of aliphatic hydroxyl groups excluding tert-OH is 1. The van der Waals surface area contributed by atoms with Crippen LogP contribution in [0.4, 0.5) is 4.79 Å². The van der Waals surface area contributed by atoms with E-state index in [2.05, 4.69) is 11.6 Å². The molecule has 2 heterocycles. The Morgan fingerprint density at radius 3 is 2.85 bits per heavy atom. The van der Waals surface area contributed by atoms with Crippen LogP contribution in [0, 0.1) is 11.8 Å². The number of hydrogen-bond donors (Lipinski definition) is 1. The van der Waals surface area contributed by atoms with Crippen molar-refractivity contribution < 1.29 is 19.4 Å². The van der Waals surface area contributed by atoms with Crippen LogP contribution in [-0.2, 0) is 11.3 Å². The number of likely N-dealkylation sites (tertiary alicyclic amines) is 1. The number of benzene rings is 2. The first-order chi connectivity index (χ1) is 16.6. The summed E-state index contributed by atoms with van der Waals surface area (Å²) in [6.07, 6.45) is 6.98. The molecule has 6 heteroatoms. The largest absolute Gasteiger partial charge is 0.497 e. The maximum absolute atomic E-state index is 12.6. The van der Waals surface area contributed by atoms with E-state index in [0.29, 0.717) is 19.5 Å². The second-order valence-corrected chi connectivity index (χ2v) is 8.47. The van der Waals surface area contributed by atoms with Crippen molar-refractivity contribution in [1.29, 1.82) is 0 Å². The van der Waals surface area contributed by atoms with E-state index in [0.717, 1.165) is 27.8 Å². The number of hydrogen-bond acceptors (Lipinski definition) is 5. The number of nitrogens with zero attached hydrogens (tertiary/aromatic N) is 2. The summed E-state index contributed by atoms with van der Waals surface area (Å²) in [5.41, 5.74) is 2.77. The van der Waals surface area contributed by atoms with E-state index in [1.165, 1.54) is 0 Å². The van der Waals surface area contributed by atoms with E-state index in [-0.39, 0.29) is 24.5 Å². The van der Waals surface area contributed by atoms with Gasteiger partial charge in [0.1, 0.15) is 12.4 Å². The minimum Gasteiger partial charge on any atom is -0.497 e. The molecule has 1 aromatic heterocycles. The van der Waals surface area contributed by atoms with Crippen LogP contribution in [0.2, 0.25) is 0 Å². The highest BCUT2D eigenvalue weighted by Gasteiger charge is 2.33. The molecule has 0 unspecified atom stereocenters. The molecular weight excluding hydrogens is 428 g/mol. The minimum absolute atomic E-state index is 0.0328. The van der Waals surface area contributed by atoms with Gasteiger partial charge in [0, 0.05) is 24.7 Å². The zero-order valence-corrected chi connectivity index (χ0v) is 19.3. The lowest BCUT2D eigenvalue weighted by molar-refractivity contribution is 0.0426. The Kier molecular flexibility index (Phi) is 7.60. The number of aromatic nitrogens is 1. The summed E-state index contributed by atoms with van der Waals surface area (Å²) in [6, 6.07) is 17.3. The second kappa shape index (κ2) is 11.0. The van der Waals surface area contributed by atoms with Crippen LogP contribution in [0.15, 0.2) is 79.5 Å². The molecule has 0 radical (unpaired) electrons. The van der Waals surface area contributed by atoms with Crippen LogP contribution in [-0.4, -0.2) is 47.4 Å². The first-order valence-electron chi connectivity index (χ1n) is 11.5. The number of amides is 1. The Labute approximate surface area is 200 Å². The number of aliphatic hydroxyl groups is 1. The summed E-state index contributed by atoms with van der Waals surface area (Å²) < 4.78 is 10.8. The van der Waals surface area contributed by atoms with Crippen molar-refractivity contribution in [3.8, 4) is 5.75 Å². The summed E-state index contributed by atoms with van der Waals surface area (Å²) in [7, 11) is 1.63. The van der Waals surface area contributed by atoms with Gasteiger partial charge in [-0.1, -0.05) is 48.6 Å². The van der Waals surface area contributed by atoms with Crippen LogP contribution in [0.3, 0.4) is 0 Å². The van der Waals surface area contributed by atoms with Crippen molar-refractivity contribution in [3.05, 3.63) is 90.7 Å². The average Bonchev–Trinajstić information content (AvgIpc) is 2.90. The molecule has 0 saturated carbocycles. The van der Waals surface area contributed by atoms with Gasteiger partial charge in [-0.3, -0.25) is 4.98 Å². The second-order valence-electron chi connectivity index (χ2n) is 8.47. The first-order valence-corrected chi connectivity index (χ1v) is 11.5. The number of fused-ring (bicyclic) bond motifs is 1. The molecule has 1 aliphatic rings. The third kappa shape index (κ3) is 5.46. The fourth-order valence-corrected chi connectivity index (χ4v) is 4.41. The van der Waals surface area contributed by atoms with Gasteiger partial charge < -0.3 is 19.5 Å². The van der Waals surface area contributed by atoms with E-state index >= 15 is 0 Å². The van der Waals surface area contributed by atoms with Crippen molar-refractivity contribution >= 4 is 23.1 Å². The van der Waals surface area contributed by atoms with Gasteiger partial charge in [-0.15, -0.1) is 6.58 Å². The molecule has 2 aromatic carbocycles. The third-order valence-corrected chi connectivity index (χ3v) is 6.37. The van der Waals surface area contributed by atoms with Crippen LogP contribution in [0.1, 0.15) is 17.5 Å². The molecule has 4 rings (SSSR count). The maximum atomic E-state index is 12.6. The highest BCUT2D eigenvalue weighted by Crippen LogP contribution is 2.30. The quantitative estimate of drug-likeness (QED) is 0.500. The highest BCUT2D eigenvalue weighted by atomic mass is 16.6. The fourth-order valence-electron chi connectivity index (χ4n) is 4.41. The summed E-state index contributed by atoms with van der Waals surface area (Å²) in [4.78, 5) is 18.7. The summed E-state index contributed by atoms with van der Waals surface area (Å²) in [5.74, 6) is 0.690. The van der Waals surface area contributed by atoms with Crippen molar-refractivity contribution in [2.24, 2.45) is 11.8 Å². The zero-order valence-electron chi connectivity index (χ0n) is 19.3. The Bertz CT molecular complexity index is 1160. The lowest BCUT2D eigenvalue weighted by Gasteiger charge is -2.38. The molecular formula is C28H30N2O4. The number of carbonyl (C=O) groups is 1. The molecule has 34 heavy (non-hydrogen) atoms. The molecule has 3 atom stereocenters. The highest BCUT2D eigenvalue weighted by molar-refractivity contribution is 5.88. The molecule has 0 bridgehead atoms. The molecule has 1 N–H and O–H groups in total. The standard InChI is InChI=1S/C28H30N2O4/c1-3-21-18-30(28(32)34-19-20-7-5-4-6-8-20)16-14-24(21)27(31)12-9-22-13-15-29-26-11-10-23(33-2)17-25(22)26/h3-13,15,17,21,24,27,31H,1,14,16,18-19H2,2H3/b12-9+/t21-,24+,27-/m0/s1. The van der Waals surface area contributed by atoms with E-state index in [1.54, 1.807) is 18.2 Å². The molecule has 1 aliphatic heterocycles. The molecule has 0 aliphatic carbocycles. The normalized spacial score (nSPS) is 19.2. The Morgan fingerprint density at radius 1 is 1.26 bits per heavy atom. The number of carbonyl (C=O) groups excluding carboxylic acids is 1. The van der Waals surface area contributed by atoms with Gasteiger partial charge in [-0.25, -0.2) is 4.79 Å². The van der Waals surface area contributed by atoms with Crippen molar-refractivity contribution in [1.82, 2.24) is 9.88 Å². The Hall–Kier alpha value is -3.64. The van der Waals surface area contributed by atoms with Gasteiger partial charge in [0.25, 0.3) is 0 Å². The molecule has 1 fully saturated rings. The van der Waals surface area contributed by atoms with Crippen LogP contribution in [0.5, 0.6) is 5.75 Å². The average molecular weight is 459 g/mol. The van der Waals surface area contributed by atoms with Crippen LogP contribution in [0.25, 0.3) is 17.0 Å². The minimum atomic E-state index is -0.667. The smallest absolute Gasteiger partial charge is 0.410 e. The molecule has 176 valence electrons. The van der Waals surface area contributed by atoms with Crippen molar-refractivity contribution in [3.63, 3.8) is 0 Å². The molecule has 6 nitrogen and oxygen atoms in total. The molecule has 1 amide bonds. The van der Waals surface area contributed by atoms with Gasteiger partial charge in [-0.05, 0) is 53.6 Å². The van der Waals surface area contributed by atoms with Crippen molar-refractivity contribution in [2.75, 3.05) is 20.2 Å². The third-order valence-electron chi connectivity index (χ3n) is 6.37. The maximum Gasteiger partial charge on any atom is 0.410 e. The predicted molar refractivity (Wildman–Crippen MR) is 133 cm³/mol. The monoisotopic (exact) mass is 458 g/mol. The van der Waals surface area contributed by atoms with Gasteiger partial charge in [0.05, 0.1) is 18.7 Å². The first kappa shape index (κ1) is 23.5. The van der Waals surface area contributed by atoms with Gasteiger partial charge in [0.15, 0.2) is 0 Å². The lowest BCUT2D eigenvalue weighted by Crippen LogP contribution is -2.46. The van der Waals surface area contributed by atoms with E-state index in [1.807, 2.05) is 72.8 Å². The van der Waals surface area contributed by atoms with Crippen LogP contribution < -0.4 is 4.74 Å². The summed E-state index contributed by atoms with van der Waals surface area (Å²) in [6.45, 7) is 5.20. The van der Waals surface area contributed by atoms with Crippen molar-refractivity contribution in [2.45, 2.75) is 19.1 Å². The lowest BCUT2D eigenvalue weighted by atomic mass is 9.81. The number of rotatable bonds is 7. The van der Waals surface area contributed by atoms with Gasteiger partial charge in [0.2, 0.25) is 0 Å². The molecule has 1 saturated heterocycles. The van der Waals surface area contributed by atoms with Gasteiger partial charge in [-0.2, -0.15) is 0 Å². The summed E-state index contributed by atoms with van der Waals surface area (Å²) in [5, 5.41) is 11.9. The number of methoxy groups -OCH3 is 1. The molecule has 0 spiro atoms. The fraction of sp³-hybridized carbons (Fsp3) is 0.286. The zero-order chi connectivity index (χ0) is 23.9. The summed E-state index contributed by atoms with van der Waals surface area (Å²) >= 11 is 0. The van der Waals surface area contributed by atoms with E-state index in [9.17, 15) is 9.90 Å². The number of ether oxygens (including phenoxy) is 2.